The van der Waals surface area contributed by atoms with E-state index in [1.807, 2.05) is 68.7 Å². The number of nitrogen functional groups attached to an aromatic ring is 1. The van der Waals surface area contributed by atoms with E-state index in [2.05, 4.69) is 82.6 Å². The summed E-state index contributed by atoms with van der Waals surface area (Å²) >= 11 is 5.34. The molecule has 1 amide bonds. The standard InChI is InChI=1S/C16H15N5O2S.C15H14N6O2S.C7H7N5S.C4H5N3.C4H6N2S.O2/c1-11-19-16(24-20-11)21(14-9-17-7-8-18-14)10-12-3-5-13(6-4-12)15(22)23-2;1-10-18-15(24-20-10)21(13-8-16-6-7-17-13)9-11-2-4-12(5-3-11)14(22)19-23;1-5-10-7(13-12-5)11-6-4-8-2-3-9-6;5-4-3-6-1-2-7-4;1-3-5-4(2)7-6-3;1-2/h3-9H,10H2,1-2H3;2-8,23H,9H2,1H3,(H,19,22);2-4H,1H3,(H,9,10,11,12);1-3H,(H2,5,7);1-2H3;. The molecule has 31 heteroatoms. The molecule has 0 radical (unpaired) electrons. The number of hydroxylamine groups is 1. The maximum absolute atomic E-state index is 11.5. The SMILES string of the molecule is COC(=O)c1ccc(CN(c2cnccn2)c2nc(C)ns2)cc1.Cc1nsc(C)n1.Cc1nsc(N(Cc2ccc(C(=O)NO)cc2)c2cnccn2)n1.Cc1nsc(Nc2cnccn2)n1.Nc1cnccn1.O=O. The van der Waals surface area contributed by atoms with E-state index in [-0.39, 0.29) is 5.97 Å². The van der Waals surface area contributed by atoms with E-state index < -0.39 is 5.91 Å². The normalized spacial score (nSPS) is 9.86. The van der Waals surface area contributed by atoms with E-state index in [9.17, 15) is 9.59 Å². The van der Waals surface area contributed by atoms with Gasteiger partial charge in [-0.2, -0.15) is 17.5 Å². The maximum atomic E-state index is 11.5. The average Bonchev–Trinajstić information content (AvgIpc) is 4.30. The Kier molecular flexibility index (Phi) is 23.9. The van der Waals surface area contributed by atoms with Crippen LogP contribution in [0.3, 0.4) is 0 Å². The van der Waals surface area contributed by atoms with Gasteiger partial charge in [0.2, 0.25) is 15.4 Å². The molecule has 0 aliphatic heterocycles. The van der Waals surface area contributed by atoms with Crippen LogP contribution < -0.4 is 26.3 Å². The summed E-state index contributed by atoms with van der Waals surface area (Å²) < 4.78 is 21.1. The Morgan fingerprint density at radius 3 is 1.35 bits per heavy atom. The van der Waals surface area contributed by atoms with Crippen molar-refractivity contribution >= 4 is 96.7 Å². The Labute approximate surface area is 455 Å². The van der Waals surface area contributed by atoms with Crippen LogP contribution in [0.2, 0.25) is 0 Å². The summed E-state index contributed by atoms with van der Waals surface area (Å²) in [5.74, 6) is 4.62. The maximum Gasteiger partial charge on any atom is 0.337 e. The summed E-state index contributed by atoms with van der Waals surface area (Å²) in [7, 11) is 1.36. The van der Waals surface area contributed by atoms with E-state index in [0.29, 0.717) is 64.3 Å². The van der Waals surface area contributed by atoms with Crippen molar-refractivity contribution in [2.24, 2.45) is 0 Å². The van der Waals surface area contributed by atoms with Gasteiger partial charge in [-0.15, -0.1) is 0 Å². The quantitative estimate of drug-likeness (QED) is 0.0522. The molecule has 2 aromatic carbocycles. The van der Waals surface area contributed by atoms with Crippen LogP contribution in [-0.4, -0.2) is 101 Å². The zero-order valence-corrected chi connectivity index (χ0v) is 45.0. The second-order valence-corrected chi connectivity index (χ2v) is 17.9. The van der Waals surface area contributed by atoms with Crippen molar-refractivity contribution in [3.8, 4) is 0 Å². The number of hydrogen-bond acceptors (Lipinski definition) is 30. The lowest BCUT2D eigenvalue weighted by Gasteiger charge is -2.20. The molecular formula is C46H47N21O6S4. The lowest BCUT2D eigenvalue weighted by molar-refractivity contribution is 0.0600. The molecular weight excluding hydrogens is 1070 g/mol. The molecule has 8 aromatic heterocycles. The molecule has 0 atom stereocenters. The van der Waals surface area contributed by atoms with Gasteiger partial charge >= 0.3 is 5.97 Å². The molecule has 0 aliphatic carbocycles. The number of aromatic nitrogens is 16. The van der Waals surface area contributed by atoms with Crippen LogP contribution in [0.15, 0.2) is 123 Å². The van der Waals surface area contributed by atoms with Gasteiger partial charge in [0.15, 0.2) is 17.5 Å². The number of aryl methyl sites for hydroxylation is 5. The fourth-order valence-electron chi connectivity index (χ4n) is 5.73. The molecule has 10 aromatic rings. The number of nitrogens with two attached hydrogens (primary N) is 1. The number of nitrogens with zero attached hydrogens (tertiary/aromatic N) is 18. The van der Waals surface area contributed by atoms with Gasteiger partial charge in [-0.3, -0.25) is 39.7 Å². The molecule has 77 heavy (non-hydrogen) atoms. The van der Waals surface area contributed by atoms with Gasteiger partial charge in [-0.25, -0.2) is 50.1 Å². The van der Waals surface area contributed by atoms with Gasteiger partial charge in [0, 0.05) is 99.7 Å². The first-order valence-corrected chi connectivity index (χ1v) is 25.1. The number of benzene rings is 2. The summed E-state index contributed by atoms with van der Waals surface area (Å²) in [6.45, 7) is 10.4. The van der Waals surface area contributed by atoms with E-state index in [1.54, 1.807) is 97.9 Å². The molecule has 27 nitrogen and oxygen atoms in total. The fraction of sp³-hybridized carbons (Fsp3) is 0.174. The largest absolute Gasteiger partial charge is 0.465 e. The van der Waals surface area contributed by atoms with Crippen LogP contribution in [0.25, 0.3) is 0 Å². The number of anilines is 7. The Hall–Kier alpha value is -9.30. The number of carbonyl (C=O) groups excluding carboxylic acids is 2. The van der Waals surface area contributed by atoms with E-state index >= 15 is 0 Å². The number of hydrogen-bond donors (Lipinski definition) is 4. The predicted molar refractivity (Wildman–Crippen MR) is 291 cm³/mol. The molecule has 396 valence electrons. The molecule has 0 spiro atoms. The van der Waals surface area contributed by atoms with Crippen molar-refractivity contribution in [1.82, 2.24) is 82.8 Å². The van der Waals surface area contributed by atoms with Gasteiger partial charge in [0.05, 0.1) is 50.6 Å². The number of carbonyl (C=O) groups is 2. The molecule has 0 unspecified atom stereocenters. The van der Waals surface area contributed by atoms with Crippen molar-refractivity contribution in [2.75, 3.05) is 28.0 Å². The second kappa shape index (κ2) is 31.4. The highest BCUT2D eigenvalue weighted by atomic mass is 32.1. The van der Waals surface area contributed by atoms with Crippen LogP contribution in [-0.2, 0) is 17.8 Å². The summed E-state index contributed by atoms with van der Waals surface area (Å²) in [6.07, 6.45) is 19.3. The van der Waals surface area contributed by atoms with Crippen LogP contribution >= 0.6 is 46.1 Å². The van der Waals surface area contributed by atoms with Crippen LogP contribution in [0.1, 0.15) is 60.1 Å². The molecule has 10 rings (SSSR count). The van der Waals surface area contributed by atoms with Crippen LogP contribution in [0.5, 0.6) is 0 Å². The highest BCUT2D eigenvalue weighted by Gasteiger charge is 2.18. The number of esters is 1. The first-order chi connectivity index (χ1) is 37.4. The third kappa shape index (κ3) is 19.8. The number of methoxy groups -OCH3 is 1. The Morgan fingerprint density at radius 2 is 1.01 bits per heavy atom. The minimum absolute atomic E-state index is 0.355. The van der Waals surface area contributed by atoms with Gasteiger partial charge < -0.3 is 15.8 Å². The molecule has 0 aliphatic rings. The molecule has 0 saturated heterocycles. The summed E-state index contributed by atoms with van der Waals surface area (Å²) in [4.78, 5) is 90.0. The highest BCUT2D eigenvalue weighted by molar-refractivity contribution is 7.10. The minimum Gasteiger partial charge on any atom is -0.465 e. The molecule has 0 saturated carbocycles. The van der Waals surface area contributed by atoms with Crippen molar-refractivity contribution < 1.29 is 19.5 Å². The fourth-order valence-corrected chi connectivity index (χ4v) is 8.16. The third-order valence-electron chi connectivity index (χ3n) is 9.06. The van der Waals surface area contributed by atoms with Crippen molar-refractivity contribution in [2.45, 2.75) is 47.7 Å². The lowest BCUT2D eigenvalue weighted by atomic mass is 10.1. The zero-order valence-electron chi connectivity index (χ0n) is 41.7. The summed E-state index contributed by atoms with van der Waals surface area (Å²) in [5, 5.41) is 14.9. The van der Waals surface area contributed by atoms with E-state index in [4.69, 9.17) is 25.6 Å². The first kappa shape index (κ1) is 58.6. The van der Waals surface area contributed by atoms with Gasteiger partial charge in [-0.05, 0) is 81.5 Å². The number of ether oxygens (including phenoxy) is 1. The van der Waals surface area contributed by atoms with Crippen molar-refractivity contribution in [1.29, 1.82) is 0 Å². The van der Waals surface area contributed by atoms with E-state index in [1.165, 1.54) is 59.4 Å². The van der Waals surface area contributed by atoms with Gasteiger partial charge in [0.25, 0.3) is 5.91 Å². The molecule has 5 N–H and O–H groups in total. The highest BCUT2D eigenvalue weighted by Crippen LogP contribution is 2.28. The minimum atomic E-state index is -0.549. The van der Waals surface area contributed by atoms with E-state index in [0.717, 1.165) is 38.0 Å². The second-order valence-electron chi connectivity index (χ2n) is 14.7. The number of nitrogens with one attached hydrogen (secondary N) is 2. The Morgan fingerprint density at radius 1 is 0.558 bits per heavy atom. The average molecular weight is 1120 g/mol. The zero-order chi connectivity index (χ0) is 55.4. The lowest BCUT2D eigenvalue weighted by Crippen LogP contribution is -2.19. The first-order valence-electron chi connectivity index (χ1n) is 22.0. The van der Waals surface area contributed by atoms with Crippen LogP contribution in [0.4, 0.5) is 38.7 Å². The number of rotatable bonds is 12. The topological polar surface area (TPSA) is 361 Å². The smallest absolute Gasteiger partial charge is 0.337 e. The summed E-state index contributed by atoms with van der Waals surface area (Å²) in [6, 6.07) is 14.1. The Bertz CT molecular complexity index is 3120. The molecule has 0 bridgehead atoms. The summed E-state index contributed by atoms with van der Waals surface area (Å²) in [5.41, 5.74) is 9.63. The molecule has 0 fully saturated rings. The Balaban J connectivity index is 0.000000191. The third-order valence-corrected chi connectivity index (χ3v) is 12.2. The molecule has 8 heterocycles. The van der Waals surface area contributed by atoms with Gasteiger partial charge in [0.1, 0.15) is 34.1 Å². The van der Waals surface area contributed by atoms with Crippen molar-refractivity contribution in [3.63, 3.8) is 0 Å². The van der Waals surface area contributed by atoms with Crippen LogP contribution in [0, 0.1) is 44.5 Å². The monoisotopic (exact) mass is 1120 g/mol. The predicted octanol–water partition coefficient (Wildman–Crippen LogP) is 7.52. The number of amides is 1. The van der Waals surface area contributed by atoms with Gasteiger partial charge in [-0.1, -0.05) is 24.3 Å². The van der Waals surface area contributed by atoms with Crippen molar-refractivity contribution in [3.05, 3.63) is 183 Å².